The SMILES string of the molecule is COc1ccc(C2[Se]C(c3ccc(OC)cc3)[Se]C(c3ccc(OC)cc3)[Se]2)cc1. The molecule has 0 aliphatic carbocycles. The quantitative estimate of drug-likeness (QED) is 0.399. The molecule has 3 nitrogen and oxygen atoms in total. The predicted octanol–water partition coefficient (Wildman–Crippen LogP) is 4.23. The zero-order chi connectivity index (χ0) is 20.9. The number of ether oxygens (including phenoxy) is 3. The van der Waals surface area contributed by atoms with Gasteiger partial charge in [-0.2, -0.15) is 0 Å². The number of hydrogen-bond donors (Lipinski definition) is 0. The zero-order valence-corrected chi connectivity index (χ0v) is 22.2. The molecule has 4 rings (SSSR count). The van der Waals surface area contributed by atoms with Crippen LogP contribution in [0.3, 0.4) is 0 Å². The summed E-state index contributed by atoms with van der Waals surface area (Å²) in [6.07, 6.45) is 0. The Labute approximate surface area is 197 Å². The molecule has 0 saturated carbocycles. The fourth-order valence-corrected chi connectivity index (χ4v) is 23.9. The number of methoxy groups -OCH3 is 3. The molecule has 3 aromatic rings. The first-order chi connectivity index (χ1) is 14.7. The van der Waals surface area contributed by atoms with Crippen LogP contribution < -0.4 is 14.2 Å². The first-order valence-electron chi connectivity index (χ1n) is 9.58. The Morgan fingerprint density at radius 1 is 0.433 bits per heavy atom. The van der Waals surface area contributed by atoms with Crippen molar-refractivity contribution in [2.75, 3.05) is 21.3 Å². The third kappa shape index (κ3) is 5.08. The van der Waals surface area contributed by atoms with Crippen molar-refractivity contribution in [1.29, 1.82) is 0 Å². The second-order valence-corrected chi connectivity index (χ2v) is 18.9. The summed E-state index contributed by atoms with van der Waals surface area (Å²) in [5, 5.41) is 0. The molecule has 0 radical (unpaired) electrons. The molecule has 1 heterocycles. The minimum atomic E-state index is 0.534. The summed E-state index contributed by atoms with van der Waals surface area (Å²) < 4.78 is 18.1. The molecule has 30 heavy (non-hydrogen) atoms. The maximum atomic E-state index is 5.37. The van der Waals surface area contributed by atoms with Crippen molar-refractivity contribution in [3.8, 4) is 17.2 Å². The molecule has 1 aliphatic heterocycles. The standard InChI is InChI=1S/C24H24O3Se3/c1-25-19-10-4-16(5-11-19)22-28-23(17-6-12-20(26-2)13-7-17)30-24(29-22)18-8-14-21(27-3)15-9-18/h4-15,22-24H,1-3H3. The van der Waals surface area contributed by atoms with E-state index >= 15 is 0 Å². The van der Waals surface area contributed by atoms with E-state index in [0.717, 1.165) is 17.2 Å². The van der Waals surface area contributed by atoms with Gasteiger partial charge in [0.15, 0.2) is 0 Å². The van der Waals surface area contributed by atoms with Gasteiger partial charge in [0.25, 0.3) is 0 Å². The fraction of sp³-hybridized carbons (Fsp3) is 0.250. The van der Waals surface area contributed by atoms with Crippen molar-refractivity contribution >= 4 is 44.9 Å². The van der Waals surface area contributed by atoms with Crippen LogP contribution in [0.4, 0.5) is 0 Å². The van der Waals surface area contributed by atoms with Gasteiger partial charge in [-0.25, -0.2) is 0 Å². The van der Waals surface area contributed by atoms with Crippen LogP contribution in [0.1, 0.15) is 27.8 Å². The van der Waals surface area contributed by atoms with Crippen molar-refractivity contribution in [3.05, 3.63) is 89.5 Å². The first-order valence-corrected chi connectivity index (χ1v) is 15.5. The summed E-state index contributed by atoms with van der Waals surface area (Å²) in [5.41, 5.74) is 4.38. The summed E-state index contributed by atoms with van der Waals surface area (Å²) >= 11 is 1.60. The normalized spacial score (nSPS) is 21.1. The van der Waals surface area contributed by atoms with E-state index < -0.39 is 0 Å². The van der Waals surface area contributed by atoms with Gasteiger partial charge in [0, 0.05) is 0 Å². The molecule has 0 atom stereocenters. The Bertz CT molecular complexity index is 810. The molecule has 0 N–H and O–H groups in total. The molecule has 0 aromatic heterocycles. The van der Waals surface area contributed by atoms with Crippen molar-refractivity contribution in [2.45, 2.75) is 11.1 Å². The molecule has 3 aromatic carbocycles. The Hall–Kier alpha value is -1.38. The van der Waals surface area contributed by atoms with Gasteiger partial charge < -0.3 is 0 Å². The van der Waals surface area contributed by atoms with Crippen LogP contribution in [0.2, 0.25) is 0 Å². The Morgan fingerprint density at radius 2 is 0.667 bits per heavy atom. The molecular formula is C24H24O3Se3. The van der Waals surface area contributed by atoms with Crippen molar-refractivity contribution < 1.29 is 14.2 Å². The van der Waals surface area contributed by atoms with E-state index in [1.54, 1.807) is 21.3 Å². The van der Waals surface area contributed by atoms with Gasteiger partial charge in [-0.1, -0.05) is 0 Å². The van der Waals surface area contributed by atoms with Gasteiger partial charge in [0.2, 0.25) is 0 Å². The molecule has 0 amide bonds. The molecule has 0 bridgehead atoms. The molecule has 1 saturated heterocycles. The predicted molar refractivity (Wildman–Crippen MR) is 124 cm³/mol. The van der Waals surface area contributed by atoms with Gasteiger partial charge in [-0.05, 0) is 0 Å². The third-order valence-corrected chi connectivity index (χ3v) is 18.7. The Kier molecular flexibility index (Phi) is 7.49. The second kappa shape index (κ2) is 10.3. The van der Waals surface area contributed by atoms with E-state index in [1.165, 1.54) is 16.7 Å². The zero-order valence-electron chi connectivity index (χ0n) is 17.1. The number of rotatable bonds is 6. The van der Waals surface area contributed by atoms with E-state index in [4.69, 9.17) is 14.2 Å². The molecule has 1 fully saturated rings. The van der Waals surface area contributed by atoms with E-state index in [-0.39, 0.29) is 0 Å². The summed E-state index contributed by atoms with van der Waals surface area (Å²) in [7, 11) is 5.18. The first kappa shape index (κ1) is 21.8. The Morgan fingerprint density at radius 3 is 0.867 bits per heavy atom. The van der Waals surface area contributed by atoms with Crippen molar-refractivity contribution in [2.24, 2.45) is 0 Å². The fourth-order valence-electron chi connectivity index (χ4n) is 3.19. The van der Waals surface area contributed by atoms with Gasteiger partial charge in [-0.15, -0.1) is 0 Å². The van der Waals surface area contributed by atoms with E-state index in [9.17, 15) is 0 Å². The van der Waals surface area contributed by atoms with Crippen LogP contribution in [0, 0.1) is 0 Å². The minimum absolute atomic E-state index is 0.534. The van der Waals surface area contributed by atoms with Crippen LogP contribution in [-0.2, 0) is 0 Å². The van der Waals surface area contributed by atoms with Crippen LogP contribution in [0.15, 0.2) is 72.8 Å². The average Bonchev–Trinajstić information content (AvgIpc) is 2.84. The van der Waals surface area contributed by atoms with E-state index in [2.05, 4.69) is 72.8 Å². The maximum absolute atomic E-state index is 5.37. The van der Waals surface area contributed by atoms with Gasteiger partial charge in [-0.3, -0.25) is 0 Å². The second-order valence-electron chi connectivity index (χ2n) is 6.72. The molecule has 0 spiro atoms. The van der Waals surface area contributed by atoms with E-state index in [1.807, 2.05) is 0 Å². The summed E-state index contributed by atoms with van der Waals surface area (Å²) in [6.45, 7) is 0. The Balaban J connectivity index is 1.63. The molecule has 0 unspecified atom stereocenters. The molecule has 156 valence electrons. The topological polar surface area (TPSA) is 27.7 Å². The number of hydrogen-bond acceptors (Lipinski definition) is 3. The van der Waals surface area contributed by atoms with Gasteiger partial charge >= 0.3 is 198 Å². The van der Waals surface area contributed by atoms with Gasteiger partial charge in [0.1, 0.15) is 0 Å². The summed E-state index contributed by atoms with van der Waals surface area (Å²) in [5.74, 6) is 2.78. The van der Waals surface area contributed by atoms with Gasteiger partial charge in [0.05, 0.1) is 0 Å². The average molecular weight is 597 g/mol. The van der Waals surface area contributed by atoms with Crippen LogP contribution in [-0.4, -0.2) is 66.2 Å². The molecular weight excluding hydrogens is 573 g/mol. The summed E-state index contributed by atoms with van der Waals surface area (Å²) in [4.78, 5) is 0. The third-order valence-electron chi connectivity index (χ3n) is 4.91. The van der Waals surface area contributed by atoms with Crippen LogP contribution >= 0.6 is 0 Å². The monoisotopic (exact) mass is 600 g/mol. The van der Waals surface area contributed by atoms with Crippen LogP contribution in [0.5, 0.6) is 17.2 Å². The molecule has 6 heteroatoms. The van der Waals surface area contributed by atoms with E-state index in [0.29, 0.717) is 56.0 Å². The van der Waals surface area contributed by atoms with Crippen molar-refractivity contribution in [1.82, 2.24) is 0 Å². The molecule has 1 aliphatic rings. The van der Waals surface area contributed by atoms with Crippen LogP contribution in [0.25, 0.3) is 0 Å². The summed E-state index contributed by atoms with van der Waals surface area (Å²) in [6, 6.07) is 26.2. The number of benzene rings is 3. The van der Waals surface area contributed by atoms with Crippen molar-refractivity contribution in [3.63, 3.8) is 0 Å².